The van der Waals surface area contributed by atoms with Crippen molar-refractivity contribution in [3.8, 4) is 0 Å². The zero-order chi connectivity index (χ0) is 16.9. The number of aromatic nitrogens is 1. The average Bonchev–Trinajstić information content (AvgIpc) is 3.18. The first-order chi connectivity index (χ1) is 11.6. The number of hydrogen-bond acceptors (Lipinski definition) is 4. The summed E-state index contributed by atoms with van der Waals surface area (Å²) in [6, 6.07) is 8.45. The van der Waals surface area contributed by atoms with Crippen LogP contribution in [0.25, 0.3) is 0 Å². The molecule has 5 nitrogen and oxygen atoms in total. The predicted molar refractivity (Wildman–Crippen MR) is 87.9 cm³/mol. The van der Waals surface area contributed by atoms with Crippen molar-refractivity contribution < 1.29 is 13.7 Å². The number of benzene rings is 1. The summed E-state index contributed by atoms with van der Waals surface area (Å²) in [4.78, 5) is 14.3. The molecule has 1 unspecified atom stereocenters. The van der Waals surface area contributed by atoms with Crippen LogP contribution < -0.4 is 5.32 Å². The molecule has 1 fully saturated rings. The van der Waals surface area contributed by atoms with Gasteiger partial charge in [0.05, 0.1) is 12.6 Å². The molecular formula is C18H22FN3O2. The standard InChI is InChI=1S/C18H22FN3O2/c1-13-11-16(21-24-13)17-3-2-10-22(17)12-18(23)20-9-8-14-4-6-15(19)7-5-14/h4-7,11,17H,2-3,8-10,12H2,1H3,(H,20,23). The Morgan fingerprint density at radius 2 is 2.21 bits per heavy atom. The Bertz CT molecular complexity index is 684. The van der Waals surface area contributed by atoms with Crippen molar-refractivity contribution in [2.24, 2.45) is 0 Å². The van der Waals surface area contributed by atoms with Crippen LogP contribution >= 0.6 is 0 Å². The maximum Gasteiger partial charge on any atom is 0.234 e. The molecule has 1 saturated heterocycles. The largest absolute Gasteiger partial charge is 0.361 e. The van der Waals surface area contributed by atoms with Gasteiger partial charge in [0.15, 0.2) is 0 Å². The maximum atomic E-state index is 12.9. The number of nitrogens with zero attached hydrogens (tertiary/aromatic N) is 2. The smallest absolute Gasteiger partial charge is 0.234 e. The Labute approximate surface area is 140 Å². The molecule has 128 valence electrons. The van der Waals surface area contributed by atoms with Gasteiger partial charge < -0.3 is 9.84 Å². The van der Waals surface area contributed by atoms with Crippen molar-refractivity contribution in [3.63, 3.8) is 0 Å². The molecular weight excluding hydrogens is 309 g/mol. The Kier molecular flexibility index (Phi) is 5.25. The van der Waals surface area contributed by atoms with Crippen LogP contribution in [0, 0.1) is 12.7 Å². The second-order valence-corrected chi connectivity index (χ2v) is 6.22. The van der Waals surface area contributed by atoms with Crippen molar-refractivity contribution in [3.05, 3.63) is 53.2 Å². The second kappa shape index (κ2) is 7.57. The molecule has 1 aromatic heterocycles. The highest BCUT2D eigenvalue weighted by Crippen LogP contribution is 2.30. The molecule has 24 heavy (non-hydrogen) atoms. The van der Waals surface area contributed by atoms with Crippen LogP contribution in [0.3, 0.4) is 0 Å². The lowest BCUT2D eigenvalue weighted by Crippen LogP contribution is -2.37. The van der Waals surface area contributed by atoms with E-state index in [1.807, 2.05) is 13.0 Å². The minimum atomic E-state index is -0.244. The van der Waals surface area contributed by atoms with E-state index >= 15 is 0 Å². The molecule has 0 radical (unpaired) electrons. The SMILES string of the molecule is Cc1cc(C2CCCN2CC(=O)NCCc2ccc(F)cc2)no1. The number of rotatable bonds is 6. The molecule has 3 rings (SSSR count). The molecule has 1 N–H and O–H groups in total. The highest BCUT2D eigenvalue weighted by molar-refractivity contribution is 5.78. The van der Waals surface area contributed by atoms with E-state index in [9.17, 15) is 9.18 Å². The number of amides is 1. The Morgan fingerprint density at radius 1 is 1.42 bits per heavy atom. The second-order valence-electron chi connectivity index (χ2n) is 6.22. The van der Waals surface area contributed by atoms with Crippen LogP contribution in [0.15, 0.2) is 34.9 Å². The highest BCUT2D eigenvalue weighted by Gasteiger charge is 2.29. The molecule has 0 bridgehead atoms. The fourth-order valence-corrected chi connectivity index (χ4v) is 3.13. The van der Waals surface area contributed by atoms with E-state index in [4.69, 9.17) is 4.52 Å². The minimum absolute atomic E-state index is 0.00392. The molecule has 0 saturated carbocycles. The highest BCUT2D eigenvalue weighted by atomic mass is 19.1. The third-order valence-corrected chi connectivity index (χ3v) is 4.35. The third-order valence-electron chi connectivity index (χ3n) is 4.35. The summed E-state index contributed by atoms with van der Waals surface area (Å²) in [5.74, 6) is 0.552. The summed E-state index contributed by atoms with van der Waals surface area (Å²) < 4.78 is 18.0. The summed E-state index contributed by atoms with van der Waals surface area (Å²) >= 11 is 0. The molecule has 2 aromatic rings. The third kappa shape index (κ3) is 4.20. The van der Waals surface area contributed by atoms with Crippen LogP contribution in [0.2, 0.25) is 0 Å². The van der Waals surface area contributed by atoms with Crippen LogP contribution in [-0.4, -0.2) is 35.6 Å². The lowest BCUT2D eigenvalue weighted by Gasteiger charge is -2.21. The number of likely N-dealkylation sites (tertiary alicyclic amines) is 1. The van der Waals surface area contributed by atoms with Crippen LogP contribution in [-0.2, 0) is 11.2 Å². The summed E-state index contributed by atoms with van der Waals surface area (Å²) in [6.45, 7) is 3.67. The van der Waals surface area contributed by atoms with Gasteiger partial charge in [-0.25, -0.2) is 4.39 Å². The van der Waals surface area contributed by atoms with Crippen LogP contribution in [0.5, 0.6) is 0 Å². The number of nitrogens with one attached hydrogen (secondary N) is 1. The van der Waals surface area contributed by atoms with Crippen molar-refractivity contribution in [2.75, 3.05) is 19.6 Å². The van der Waals surface area contributed by atoms with E-state index in [2.05, 4.69) is 15.4 Å². The van der Waals surface area contributed by atoms with Crippen LogP contribution in [0.4, 0.5) is 4.39 Å². The predicted octanol–water partition coefficient (Wildman–Crippen LogP) is 2.62. The van der Waals surface area contributed by atoms with E-state index in [0.29, 0.717) is 19.5 Å². The Balaban J connectivity index is 1.46. The van der Waals surface area contributed by atoms with Gasteiger partial charge in [-0.05, 0) is 50.4 Å². The first kappa shape index (κ1) is 16.6. The topological polar surface area (TPSA) is 58.4 Å². The van der Waals surface area contributed by atoms with Crippen LogP contribution in [0.1, 0.15) is 35.9 Å². The van der Waals surface area contributed by atoms with Gasteiger partial charge >= 0.3 is 0 Å². The molecule has 1 aromatic carbocycles. The van der Waals surface area contributed by atoms with Gasteiger partial charge in [0.25, 0.3) is 0 Å². The monoisotopic (exact) mass is 331 g/mol. The number of halogens is 1. The summed E-state index contributed by atoms with van der Waals surface area (Å²) in [6.07, 6.45) is 2.74. The number of hydrogen-bond donors (Lipinski definition) is 1. The van der Waals surface area contributed by atoms with Crippen molar-refractivity contribution in [1.82, 2.24) is 15.4 Å². The molecule has 2 heterocycles. The quantitative estimate of drug-likeness (QED) is 0.884. The van der Waals surface area contributed by atoms with E-state index in [1.165, 1.54) is 12.1 Å². The summed E-state index contributed by atoms with van der Waals surface area (Å²) in [5, 5.41) is 7.02. The zero-order valence-electron chi connectivity index (χ0n) is 13.8. The number of aryl methyl sites for hydroxylation is 1. The zero-order valence-corrected chi connectivity index (χ0v) is 13.8. The molecule has 1 aliphatic rings. The van der Waals surface area contributed by atoms with Gasteiger partial charge in [0.1, 0.15) is 17.3 Å². The maximum absolute atomic E-state index is 12.9. The summed E-state index contributed by atoms with van der Waals surface area (Å²) in [5.41, 5.74) is 1.91. The Hall–Kier alpha value is -2.21. The molecule has 1 aliphatic heterocycles. The molecule has 1 atom stereocenters. The van der Waals surface area contributed by atoms with E-state index < -0.39 is 0 Å². The van der Waals surface area contributed by atoms with Gasteiger partial charge in [-0.3, -0.25) is 9.69 Å². The van der Waals surface area contributed by atoms with E-state index in [0.717, 1.165) is 36.4 Å². The lowest BCUT2D eigenvalue weighted by molar-refractivity contribution is -0.122. The van der Waals surface area contributed by atoms with Crippen molar-refractivity contribution in [1.29, 1.82) is 0 Å². The normalized spacial score (nSPS) is 18.0. The molecule has 6 heteroatoms. The van der Waals surface area contributed by atoms with Crippen molar-refractivity contribution in [2.45, 2.75) is 32.2 Å². The molecule has 0 aliphatic carbocycles. The summed E-state index contributed by atoms with van der Waals surface area (Å²) in [7, 11) is 0. The lowest BCUT2D eigenvalue weighted by atomic mass is 10.1. The first-order valence-corrected chi connectivity index (χ1v) is 8.30. The fourth-order valence-electron chi connectivity index (χ4n) is 3.13. The van der Waals surface area contributed by atoms with E-state index in [1.54, 1.807) is 12.1 Å². The number of carbonyl (C=O) groups excluding carboxylic acids is 1. The van der Waals surface area contributed by atoms with Gasteiger partial charge in [0.2, 0.25) is 5.91 Å². The van der Waals surface area contributed by atoms with Crippen molar-refractivity contribution >= 4 is 5.91 Å². The fraction of sp³-hybridized carbons (Fsp3) is 0.444. The molecule has 1 amide bonds. The van der Waals surface area contributed by atoms with Gasteiger partial charge in [-0.15, -0.1) is 0 Å². The van der Waals surface area contributed by atoms with Gasteiger partial charge in [-0.1, -0.05) is 17.3 Å². The number of carbonyl (C=O) groups is 1. The Morgan fingerprint density at radius 3 is 2.92 bits per heavy atom. The van der Waals surface area contributed by atoms with Gasteiger partial charge in [0, 0.05) is 12.6 Å². The minimum Gasteiger partial charge on any atom is -0.361 e. The average molecular weight is 331 g/mol. The first-order valence-electron chi connectivity index (χ1n) is 8.30. The van der Waals surface area contributed by atoms with E-state index in [-0.39, 0.29) is 17.8 Å². The van der Waals surface area contributed by atoms with Gasteiger partial charge in [-0.2, -0.15) is 0 Å². The molecule has 0 spiro atoms.